The number of ether oxygens (including phenoxy) is 2. The number of amides is 3. The molecule has 0 aromatic heterocycles. The maximum absolute atomic E-state index is 11.8. The van der Waals surface area contributed by atoms with Crippen LogP contribution in [-0.2, 0) is 4.79 Å². The van der Waals surface area contributed by atoms with E-state index in [0.717, 1.165) is 25.1 Å². The fourth-order valence-electron chi connectivity index (χ4n) is 2.85. The Morgan fingerprint density at radius 2 is 2.08 bits per heavy atom. The third kappa shape index (κ3) is 4.31. The molecule has 130 valence electrons. The highest BCUT2D eigenvalue weighted by atomic mass is 16.6. The second-order valence-electron chi connectivity index (χ2n) is 5.97. The lowest BCUT2D eigenvalue weighted by Gasteiger charge is -2.26. The van der Waals surface area contributed by atoms with Crippen LogP contribution in [-0.4, -0.2) is 55.7 Å². The van der Waals surface area contributed by atoms with Gasteiger partial charge in [0.05, 0.1) is 6.54 Å². The predicted molar refractivity (Wildman–Crippen MR) is 88.2 cm³/mol. The smallest absolute Gasteiger partial charge is 0.314 e. The summed E-state index contributed by atoms with van der Waals surface area (Å²) < 4.78 is 11.4. The van der Waals surface area contributed by atoms with Crippen molar-refractivity contribution in [2.75, 3.05) is 32.8 Å². The van der Waals surface area contributed by atoms with Crippen LogP contribution in [0.4, 0.5) is 4.79 Å². The molecule has 2 heterocycles. The van der Waals surface area contributed by atoms with Crippen LogP contribution in [0.2, 0.25) is 0 Å². The SMILES string of the molecule is O=C(NCCCN1CCCC1=O)NCC1COc2ccccc2O1. The quantitative estimate of drug-likeness (QED) is 0.765. The average Bonchev–Trinajstić information content (AvgIpc) is 3.02. The van der Waals surface area contributed by atoms with Gasteiger partial charge in [0.1, 0.15) is 6.61 Å². The molecule has 0 aliphatic carbocycles. The molecule has 0 saturated carbocycles. The van der Waals surface area contributed by atoms with Gasteiger partial charge in [-0.1, -0.05) is 12.1 Å². The standard InChI is InChI=1S/C17H23N3O4/c21-16-7-3-9-20(16)10-4-8-18-17(22)19-11-13-12-23-14-5-1-2-6-15(14)24-13/h1-2,5-6,13H,3-4,7-12H2,(H2,18,19,22). The molecule has 0 radical (unpaired) electrons. The number of benzene rings is 1. The average molecular weight is 333 g/mol. The number of carbonyl (C=O) groups excluding carboxylic acids is 2. The molecule has 1 atom stereocenters. The van der Waals surface area contributed by atoms with E-state index < -0.39 is 0 Å². The Kier molecular flexibility index (Phi) is 5.40. The van der Waals surface area contributed by atoms with Crippen molar-refractivity contribution in [3.8, 4) is 11.5 Å². The van der Waals surface area contributed by atoms with Crippen LogP contribution < -0.4 is 20.1 Å². The summed E-state index contributed by atoms with van der Waals surface area (Å²) in [5.41, 5.74) is 0. The Bertz CT molecular complexity index is 593. The van der Waals surface area contributed by atoms with Gasteiger partial charge >= 0.3 is 6.03 Å². The number of rotatable bonds is 6. The lowest BCUT2D eigenvalue weighted by atomic mass is 10.2. The van der Waals surface area contributed by atoms with Crippen LogP contribution in [0.3, 0.4) is 0 Å². The molecule has 1 fully saturated rings. The minimum atomic E-state index is -0.231. The van der Waals surface area contributed by atoms with Crippen LogP contribution >= 0.6 is 0 Å². The van der Waals surface area contributed by atoms with Gasteiger partial charge in [-0.15, -0.1) is 0 Å². The van der Waals surface area contributed by atoms with E-state index >= 15 is 0 Å². The van der Waals surface area contributed by atoms with Crippen molar-refractivity contribution >= 4 is 11.9 Å². The Hall–Kier alpha value is -2.44. The molecule has 2 aliphatic heterocycles. The summed E-state index contributed by atoms with van der Waals surface area (Å²) in [5.74, 6) is 1.65. The van der Waals surface area contributed by atoms with Crippen molar-refractivity contribution in [1.82, 2.24) is 15.5 Å². The molecule has 3 rings (SSSR count). The molecule has 7 heteroatoms. The number of carbonyl (C=O) groups is 2. The Balaban J connectivity index is 1.29. The zero-order valence-corrected chi connectivity index (χ0v) is 13.6. The minimum absolute atomic E-state index is 0.201. The number of nitrogens with one attached hydrogen (secondary N) is 2. The van der Waals surface area contributed by atoms with Crippen molar-refractivity contribution in [1.29, 1.82) is 0 Å². The monoisotopic (exact) mass is 333 g/mol. The summed E-state index contributed by atoms with van der Waals surface area (Å²) in [6.07, 6.45) is 2.16. The lowest BCUT2D eigenvalue weighted by molar-refractivity contribution is -0.127. The third-order valence-electron chi connectivity index (χ3n) is 4.12. The molecule has 1 saturated heterocycles. The fourth-order valence-corrected chi connectivity index (χ4v) is 2.85. The van der Waals surface area contributed by atoms with Gasteiger partial charge in [0.2, 0.25) is 5.91 Å². The molecular formula is C17H23N3O4. The van der Waals surface area contributed by atoms with Crippen molar-refractivity contribution in [3.63, 3.8) is 0 Å². The fraction of sp³-hybridized carbons (Fsp3) is 0.529. The van der Waals surface area contributed by atoms with Crippen LogP contribution in [0.25, 0.3) is 0 Å². The van der Waals surface area contributed by atoms with E-state index in [9.17, 15) is 9.59 Å². The molecule has 3 amide bonds. The molecule has 24 heavy (non-hydrogen) atoms. The van der Waals surface area contributed by atoms with Crippen molar-refractivity contribution in [2.24, 2.45) is 0 Å². The molecule has 0 spiro atoms. The summed E-state index contributed by atoms with van der Waals surface area (Å²) in [6, 6.07) is 7.25. The van der Waals surface area contributed by atoms with E-state index in [-0.39, 0.29) is 18.0 Å². The Morgan fingerprint density at radius 3 is 2.88 bits per heavy atom. The summed E-state index contributed by atoms with van der Waals surface area (Å²) in [7, 11) is 0. The van der Waals surface area contributed by atoms with Crippen LogP contribution in [0.5, 0.6) is 11.5 Å². The van der Waals surface area contributed by atoms with Crippen molar-refractivity contribution < 1.29 is 19.1 Å². The second kappa shape index (κ2) is 7.90. The summed E-state index contributed by atoms with van der Waals surface area (Å²) in [4.78, 5) is 25.1. The normalized spacial score (nSPS) is 19.2. The van der Waals surface area contributed by atoms with E-state index in [1.807, 2.05) is 29.2 Å². The summed E-state index contributed by atoms with van der Waals surface area (Å²) in [6.45, 7) is 2.88. The van der Waals surface area contributed by atoms with Crippen molar-refractivity contribution in [2.45, 2.75) is 25.4 Å². The Labute approximate surface area is 141 Å². The minimum Gasteiger partial charge on any atom is -0.486 e. The zero-order chi connectivity index (χ0) is 16.8. The molecule has 7 nitrogen and oxygen atoms in total. The first kappa shape index (κ1) is 16.4. The maximum Gasteiger partial charge on any atom is 0.314 e. The van der Waals surface area contributed by atoms with Crippen molar-refractivity contribution in [3.05, 3.63) is 24.3 Å². The number of urea groups is 1. The van der Waals surface area contributed by atoms with Crippen LogP contribution in [0.15, 0.2) is 24.3 Å². The number of likely N-dealkylation sites (tertiary alicyclic amines) is 1. The van der Waals surface area contributed by atoms with E-state index in [4.69, 9.17) is 9.47 Å². The highest BCUT2D eigenvalue weighted by molar-refractivity contribution is 5.78. The topological polar surface area (TPSA) is 79.9 Å². The van der Waals surface area contributed by atoms with Gasteiger partial charge in [-0.3, -0.25) is 4.79 Å². The lowest BCUT2D eigenvalue weighted by Crippen LogP contribution is -2.45. The first-order chi connectivity index (χ1) is 11.7. The van der Waals surface area contributed by atoms with Gasteiger partial charge in [0, 0.05) is 26.1 Å². The number of fused-ring (bicyclic) bond motifs is 1. The van der Waals surface area contributed by atoms with Gasteiger partial charge in [-0.25, -0.2) is 4.79 Å². The maximum atomic E-state index is 11.8. The largest absolute Gasteiger partial charge is 0.486 e. The van der Waals surface area contributed by atoms with E-state index in [2.05, 4.69) is 10.6 Å². The zero-order valence-electron chi connectivity index (χ0n) is 13.6. The summed E-state index contributed by atoms with van der Waals surface area (Å²) in [5, 5.41) is 5.58. The van der Waals surface area contributed by atoms with Gasteiger partial charge < -0.3 is 25.0 Å². The molecule has 1 unspecified atom stereocenters. The molecule has 1 aromatic rings. The summed E-state index contributed by atoms with van der Waals surface area (Å²) >= 11 is 0. The van der Waals surface area contributed by atoms with E-state index in [0.29, 0.717) is 38.4 Å². The highest BCUT2D eigenvalue weighted by Crippen LogP contribution is 2.30. The van der Waals surface area contributed by atoms with Gasteiger partial charge in [-0.2, -0.15) is 0 Å². The van der Waals surface area contributed by atoms with Crippen LogP contribution in [0, 0.1) is 0 Å². The highest BCUT2D eigenvalue weighted by Gasteiger charge is 2.21. The Morgan fingerprint density at radius 1 is 1.25 bits per heavy atom. The van der Waals surface area contributed by atoms with Gasteiger partial charge in [0.25, 0.3) is 0 Å². The molecule has 2 N–H and O–H groups in total. The molecule has 2 aliphatic rings. The third-order valence-corrected chi connectivity index (χ3v) is 4.12. The second-order valence-corrected chi connectivity index (χ2v) is 5.97. The number of hydrogen-bond donors (Lipinski definition) is 2. The van der Waals surface area contributed by atoms with Gasteiger partial charge in [-0.05, 0) is 25.0 Å². The number of hydrogen-bond acceptors (Lipinski definition) is 4. The first-order valence-electron chi connectivity index (χ1n) is 8.40. The number of para-hydroxylation sites is 2. The van der Waals surface area contributed by atoms with Crippen LogP contribution in [0.1, 0.15) is 19.3 Å². The molecular weight excluding hydrogens is 310 g/mol. The molecule has 0 bridgehead atoms. The number of nitrogens with zero attached hydrogens (tertiary/aromatic N) is 1. The van der Waals surface area contributed by atoms with E-state index in [1.165, 1.54) is 0 Å². The van der Waals surface area contributed by atoms with E-state index in [1.54, 1.807) is 0 Å². The molecule has 1 aromatic carbocycles. The predicted octanol–water partition coefficient (Wildman–Crippen LogP) is 1.14. The first-order valence-corrected chi connectivity index (χ1v) is 8.40. The van der Waals surface area contributed by atoms with Gasteiger partial charge in [0.15, 0.2) is 17.6 Å².